The minimum Gasteiger partial charge on any atom is -0.385 e. The van der Waals surface area contributed by atoms with E-state index >= 15 is 0 Å². The number of non-ortho nitro benzene ring substituents is 1. The maximum Gasteiger partial charge on any atom is 0.269 e. The summed E-state index contributed by atoms with van der Waals surface area (Å²) in [7, 11) is 0. The number of rotatable bonds is 7. The average molecular weight is 260 g/mol. The lowest BCUT2D eigenvalue weighted by Crippen LogP contribution is -2.07. The third kappa shape index (κ3) is 4.25. The van der Waals surface area contributed by atoms with E-state index in [1.807, 2.05) is 6.92 Å². The van der Waals surface area contributed by atoms with Gasteiger partial charge in [0.2, 0.25) is 0 Å². The fraction of sp³-hybridized carbons (Fsp3) is 0.455. The average Bonchev–Trinajstić information content (AvgIpc) is 2.30. The molecule has 1 aromatic carbocycles. The molecule has 0 fully saturated rings. The second-order valence-corrected chi connectivity index (χ2v) is 3.54. The van der Waals surface area contributed by atoms with Crippen molar-refractivity contribution in [3.63, 3.8) is 0 Å². The largest absolute Gasteiger partial charge is 0.385 e. The highest BCUT2D eigenvalue weighted by Crippen LogP contribution is 2.23. The zero-order chi connectivity index (χ0) is 13.5. The molecule has 0 aliphatic rings. The molecule has 0 spiro atoms. The highest BCUT2D eigenvalue weighted by Gasteiger charge is 2.11. The zero-order valence-corrected chi connectivity index (χ0v) is 9.86. The Bertz CT molecular complexity index is 413. The number of ether oxygens (including phenoxy) is 1. The van der Waals surface area contributed by atoms with Crippen LogP contribution in [0.3, 0.4) is 0 Å². The maximum absolute atomic E-state index is 11.9. The van der Waals surface area contributed by atoms with Gasteiger partial charge in [-0.2, -0.15) is 0 Å². The van der Waals surface area contributed by atoms with Crippen LogP contribution in [0.1, 0.15) is 12.5 Å². The van der Waals surface area contributed by atoms with E-state index in [1.165, 1.54) is 12.1 Å². The van der Waals surface area contributed by atoms with Gasteiger partial charge in [-0.3, -0.25) is 10.1 Å². The van der Waals surface area contributed by atoms with Crippen LogP contribution >= 0.6 is 0 Å². The molecule has 0 amide bonds. The number of nitro groups is 1. The molecule has 1 N–H and O–H groups in total. The van der Waals surface area contributed by atoms with Crippen LogP contribution in [0, 0.1) is 10.1 Å². The van der Waals surface area contributed by atoms with Crippen LogP contribution in [-0.4, -0.2) is 24.5 Å². The van der Waals surface area contributed by atoms with Crippen molar-refractivity contribution in [1.29, 1.82) is 0 Å². The number of nitrogens with one attached hydrogen (secondary N) is 1. The first-order valence-corrected chi connectivity index (χ1v) is 5.41. The third-order valence-electron chi connectivity index (χ3n) is 2.17. The van der Waals surface area contributed by atoms with Crippen molar-refractivity contribution >= 4 is 11.4 Å². The molecule has 1 rings (SSSR count). The fourth-order valence-electron chi connectivity index (χ4n) is 1.43. The van der Waals surface area contributed by atoms with Gasteiger partial charge in [0, 0.05) is 29.9 Å². The van der Waals surface area contributed by atoms with Gasteiger partial charge < -0.3 is 10.1 Å². The Morgan fingerprint density at radius 3 is 2.78 bits per heavy atom. The van der Waals surface area contributed by atoms with Crippen LogP contribution in [0.2, 0.25) is 0 Å². The van der Waals surface area contributed by atoms with Crippen molar-refractivity contribution < 1.29 is 18.4 Å². The Morgan fingerprint density at radius 1 is 1.50 bits per heavy atom. The second kappa shape index (κ2) is 6.85. The first-order chi connectivity index (χ1) is 8.54. The predicted molar refractivity (Wildman–Crippen MR) is 62.9 cm³/mol. The number of nitrogens with zero attached hydrogens (tertiary/aromatic N) is 1. The van der Waals surface area contributed by atoms with Gasteiger partial charge in [0.05, 0.1) is 11.5 Å². The van der Waals surface area contributed by atoms with Gasteiger partial charge in [-0.1, -0.05) is 0 Å². The van der Waals surface area contributed by atoms with E-state index in [0.717, 1.165) is 0 Å². The predicted octanol–water partition coefficient (Wildman–Crippen LogP) is 2.81. The lowest BCUT2D eigenvalue weighted by atomic mass is 10.1. The second-order valence-electron chi connectivity index (χ2n) is 3.54. The number of halogens is 2. The lowest BCUT2D eigenvalue weighted by molar-refractivity contribution is -0.384. The molecular weight excluding hydrogens is 246 g/mol. The highest BCUT2D eigenvalue weighted by atomic mass is 19.3. The number of anilines is 1. The quantitative estimate of drug-likeness (QED) is 0.604. The van der Waals surface area contributed by atoms with Crippen LogP contribution in [0.4, 0.5) is 20.2 Å². The first-order valence-electron chi connectivity index (χ1n) is 5.41. The number of hydrogen-bond donors (Lipinski definition) is 1. The van der Waals surface area contributed by atoms with Crippen LogP contribution in [-0.2, 0) is 11.3 Å². The van der Waals surface area contributed by atoms with E-state index in [-0.39, 0.29) is 12.3 Å². The van der Waals surface area contributed by atoms with Crippen molar-refractivity contribution in [3.8, 4) is 0 Å². The van der Waals surface area contributed by atoms with E-state index < -0.39 is 18.0 Å². The van der Waals surface area contributed by atoms with Crippen molar-refractivity contribution in [2.75, 3.05) is 18.5 Å². The molecule has 0 atom stereocenters. The maximum atomic E-state index is 11.9. The summed E-state index contributed by atoms with van der Waals surface area (Å²) in [4.78, 5) is 10.1. The van der Waals surface area contributed by atoms with Crippen LogP contribution in [0.5, 0.6) is 0 Å². The Morgan fingerprint density at radius 2 is 2.22 bits per heavy atom. The summed E-state index contributed by atoms with van der Waals surface area (Å²) < 4.78 is 28.7. The lowest BCUT2D eigenvalue weighted by Gasteiger charge is -2.11. The smallest absolute Gasteiger partial charge is 0.269 e. The standard InChI is InChI=1S/C11H14F2N2O3/c1-2-14-10-4-3-9(15(16)17)5-8(10)6-18-7-11(12)13/h3-5,11,14H,2,6-7H2,1H3. The monoisotopic (exact) mass is 260 g/mol. The molecule has 0 unspecified atom stereocenters. The summed E-state index contributed by atoms with van der Waals surface area (Å²) in [5.41, 5.74) is 1.05. The van der Waals surface area contributed by atoms with E-state index in [2.05, 4.69) is 5.32 Å². The molecule has 0 radical (unpaired) electrons. The molecule has 100 valence electrons. The van der Waals surface area contributed by atoms with Gasteiger partial charge in [0.15, 0.2) is 0 Å². The van der Waals surface area contributed by atoms with E-state index in [1.54, 1.807) is 6.07 Å². The molecule has 0 aliphatic carbocycles. The molecule has 7 heteroatoms. The normalized spacial score (nSPS) is 10.7. The number of nitro benzene ring substituents is 1. The summed E-state index contributed by atoms with van der Waals surface area (Å²) in [6.45, 7) is 1.72. The third-order valence-corrected chi connectivity index (χ3v) is 2.17. The Labute approximate surface area is 103 Å². The fourth-order valence-corrected chi connectivity index (χ4v) is 1.43. The Kier molecular flexibility index (Phi) is 5.44. The number of alkyl halides is 2. The highest BCUT2D eigenvalue weighted by molar-refractivity contribution is 5.55. The van der Waals surface area contributed by atoms with Gasteiger partial charge in [-0.15, -0.1) is 0 Å². The summed E-state index contributed by atoms with van der Waals surface area (Å²) >= 11 is 0. The SMILES string of the molecule is CCNc1ccc([N+](=O)[O-])cc1COCC(F)F. The summed E-state index contributed by atoms with van der Waals surface area (Å²) in [6.07, 6.45) is -2.55. The summed E-state index contributed by atoms with van der Waals surface area (Å²) in [5, 5.41) is 13.6. The molecule has 0 saturated heterocycles. The molecular formula is C11H14F2N2O3. The Hall–Kier alpha value is -1.76. The number of hydrogen-bond acceptors (Lipinski definition) is 4. The molecule has 18 heavy (non-hydrogen) atoms. The minimum absolute atomic E-state index is 0.0889. The van der Waals surface area contributed by atoms with Gasteiger partial charge in [-0.25, -0.2) is 8.78 Å². The molecule has 0 aliphatic heterocycles. The van der Waals surface area contributed by atoms with Crippen molar-refractivity contribution in [1.82, 2.24) is 0 Å². The number of benzene rings is 1. The molecule has 1 aromatic rings. The molecule has 0 saturated carbocycles. The molecule has 0 heterocycles. The van der Waals surface area contributed by atoms with Crippen LogP contribution in [0.25, 0.3) is 0 Å². The molecule has 5 nitrogen and oxygen atoms in total. The van der Waals surface area contributed by atoms with Crippen LogP contribution in [0.15, 0.2) is 18.2 Å². The minimum atomic E-state index is -2.55. The summed E-state index contributed by atoms with van der Waals surface area (Å²) in [5.74, 6) is 0. The van der Waals surface area contributed by atoms with Gasteiger partial charge in [0.1, 0.15) is 6.61 Å². The van der Waals surface area contributed by atoms with Crippen molar-refractivity contribution in [2.24, 2.45) is 0 Å². The molecule has 0 bridgehead atoms. The van der Waals surface area contributed by atoms with Crippen molar-refractivity contribution in [2.45, 2.75) is 20.0 Å². The van der Waals surface area contributed by atoms with Gasteiger partial charge in [-0.05, 0) is 13.0 Å². The zero-order valence-electron chi connectivity index (χ0n) is 9.86. The topological polar surface area (TPSA) is 64.4 Å². The van der Waals surface area contributed by atoms with E-state index in [0.29, 0.717) is 17.8 Å². The van der Waals surface area contributed by atoms with Gasteiger partial charge in [0.25, 0.3) is 12.1 Å². The van der Waals surface area contributed by atoms with Crippen molar-refractivity contribution in [3.05, 3.63) is 33.9 Å². The first kappa shape index (κ1) is 14.3. The van der Waals surface area contributed by atoms with Crippen LogP contribution < -0.4 is 5.32 Å². The van der Waals surface area contributed by atoms with Gasteiger partial charge >= 0.3 is 0 Å². The Balaban J connectivity index is 2.82. The van der Waals surface area contributed by atoms with E-state index in [4.69, 9.17) is 4.74 Å². The summed E-state index contributed by atoms with van der Waals surface area (Å²) in [6, 6.07) is 4.22. The molecule has 0 aromatic heterocycles. The van der Waals surface area contributed by atoms with E-state index in [9.17, 15) is 18.9 Å².